The van der Waals surface area contributed by atoms with E-state index in [9.17, 15) is 13.2 Å². The minimum absolute atomic E-state index is 0.0265. The maximum atomic E-state index is 13.3. The lowest BCUT2D eigenvalue weighted by Crippen LogP contribution is -2.56. The third-order valence-electron chi connectivity index (χ3n) is 6.86. The van der Waals surface area contributed by atoms with Crippen LogP contribution in [0.1, 0.15) is 18.9 Å². The molecule has 37 heavy (non-hydrogen) atoms. The molecule has 0 unspecified atom stereocenters. The molecule has 0 radical (unpaired) electrons. The topological polar surface area (TPSA) is 98.7 Å². The molecule has 1 aromatic heterocycles. The molecule has 0 spiro atoms. The summed E-state index contributed by atoms with van der Waals surface area (Å²) in [6.45, 7) is 5.22. The van der Waals surface area contributed by atoms with Gasteiger partial charge in [0.25, 0.3) is 10.0 Å². The number of hydrogen-bond donors (Lipinski definition) is 1. The van der Waals surface area contributed by atoms with E-state index in [1.807, 2.05) is 23.1 Å². The zero-order valence-electron chi connectivity index (χ0n) is 20.5. The van der Waals surface area contributed by atoms with Crippen molar-refractivity contribution in [3.8, 4) is 0 Å². The molecule has 2 aliphatic heterocycles. The number of nitrogens with zero attached hydrogens (tertiary/aromatic N) is 5. The van der Waals surface area contributed by atoms with Crippen LogP contribution in [0.4, 0.5) is 17.2 Å². The molecule has 0 bridgehead atoms. The Labute approximate surface area is 222 Å². The minimum atomic E-state index is -3.75. The third-order valence-corrected chi connectivity index (χ3v) is 8.47. The third kappa shape index (κ3) is 5.65. The Morgan fingerprint density at radius 3 is 2.65 bits per heavy atom. The summed E-state index contributed by atoms with van der Waals surface area (Å²) in [4.78, 5) is 27.4. The molecule has 2 aromatic carbocycles. The summed E-state index contributed by atoms with van der Waals surface area (Å²) >= 11 is 6.16. The number of benzene rings is 2. The summed E-state index contributed by atoms with van der Waals surface area (Å²) < 4.78 is 27.8. The van der Waals surface area contributed by atoms with E-state index in [0.29, 0.717) is 26.2 Å². The number of carbonyl (C=O) groups is 1. The summed E-state index contributed by atoms with van der Waals surface area (Å²) in [6, 6.07) is 14.2. The lowest BCUT2D eigenvalue weighted by Gasteiger charge is -2.42. The van der Waals surface area contributed by atoms with Crippen molar-refractivity contribution in [3.63, 3.8) is 0 Å². The summed E-state index contributed by atoms with van der Waals surface area (Å²) in [7, 11) is -3.75. The number of rotatable bonds is 6. The number of sulfonamides is 1. The van der Waals surface area contributed by atoms with Gasteiger partial charge in [0.1, 0.15) is 12.1 Å². The van der Waals surface area contributed by atoms with Gasteiger partial charge in [0.05, 0.1) is 11.4 Å². The van der Waals surface area contributed by atoms with E-state index in [0.717, 1.165) is 35.8 Å². The number of nitrogens with one attached hydrogen (secondary N) is 1. The molecule has 11 heteroatoms. The second-order valence-electron chi connectivity index (χ2n) is 9.37. The summed E-state index contributed by atoms with van der Waals surface area (Å²) in [6.07, 6.45) is 4.74. The smallest absolute Gasteiger partial charge is 0.263 e. The maximum absolute atomic E-state index is 13.3. The van der Waals surface area contributed by atoms with Crippen molar-refractivity contribution in [2.24, 2.45) is 0 Å². The molecule has 0 aliphatic carbocycles. The average Bonchev–Trinajstić information content (AvgIpc) is 2.89. The van der Waals surface area contributed by atoms with Crippen LogP contribution in [-0.4, -0.2) is 68.0 Å². The molecular formula is C26H29ClN6O3S. The molecular weight excluding hydrogens is 512 g/mol. The van der Waals surface area contributed by atoms with E-state index in [2.05, 4.69) is 31.4 Å². The van der Waals surface area contributed by atoms with Crippen LogP contribution < -0.4 is 14.5 Å². The largest absolute Gasteiger partial charge is 0.368 e. The number of hydrogen-bond acceptors (Lipinski definition) is 7. The minimum Gasteiger partial charge on any atom is -0.368 e. The first-order valence-corrected chi connectivity index (χ1v) is 14.1. The van der Waals surface area contributed by atoms with Crippen molar-refractivity contribution >= 4 is 44.7 Å². The summed E-state index contributed by atoms with van der Waals surface area (Å²) in [5.74, 6) is 0.331. The summed E-state index contributed by atoms with van der Waals surface area (Å²) in [5, 5.41) is 0.726. The Bertz CT molecular complexity index is 1370. The number of aromatic nitrogens is 2. The Kier molecular flexibility index (Phi) is 7.21. The highest BCUT2D eigenvalue weighted by Gasteiger charge is 2.30. The second kappa shape index (κ2) is 10.5. The van der Waals surface area contributed by atoms with Crippen LogP contribution in [0.5, 0.6) is 0 Å². The van der Waals surface area contributed by atoms with E-state index in [1.165, 1.54) is 24.2 Å². The van der Waals surface area contributed by atoms with Gasteiger partial charge in [-0.3, -0.25) is 9.52 Å². The van der Waals surface area contributed by atoms with Gasteiger partial charge < -0.3 is 14.7 Å². The standard InChI is InChI=1S/C26H29ClN6O3S/c1-19-16-31(22-5-7-23(8-6-22)37(35,36)30-25-10-11-28-18-29-25)13-14-33(19)26(34)17-32-12-2-3-20-15-21(27)4-9-24(20)32/h4-11,15,18-19H,2-3,12-14,16-17H2,1H3,(H,28,29,30)/t19-/m1/s1. The first kappa shape index (κ1) is 25.3. The zero-order valence-corrected chi connectivity index (χ0v) is 22.1. The zero-order chi connectivity index (χ0) is 26.0. The van der Waals surface area contributed by atoms with Crippen LogP contribution in [-0.2, 0) is 21.2 Å². The van der Waals surface area contributed by atoms with E-state index >= 15 is 0 Å². The highest BCUT2D eigenvalue weighted by atomic mass is 35.5. The Morgan fingerprint density at radius 2 is 1.92 bits per heavy atom. The first-order chi connectivity index (χ1) is 17.8. The molecule has 0 saturated carbocycles. The molecule has 2 aliphatic rings. The summed E-state index contributed by atoms with van der Waals surface area (Å²) in [5.41, 5.74) is 3.21. The number of anilines is 3. The van der Waals surface area contributed by atoms with Crippen molar-refractivity contribution in [1.29, 1.82) is 0 Å². The van der Waals surface area contributed by atoms with Crippen molar-refractivity contribution < 1.29 is 13.2 Å². The van der Waals surface area contributed by atoms with Gasteiger partial charge in [0, 0.05) is 54.8 Å². The molecule has 9 nitrogen and oxygen atoms in total. The van der Waals surface area contributed by atoms with Crippen LogP contribution >= 0.6 is 11.6 Å². The van der Waals surface area contributed by atoms with Gasteiger partial charge in [-0.1, -0.05) is 11.6 Å². The Balaban J connectivity index is 1.20. The van der Waals surface area contributed by atoms with Crippen LogP contribution in [0.15, 0.2) is 66.0 Å². The van der Waals surface area contributed by atoms with Gasteiger partial charge in [-0.15, -0.1) is 0 Å². The van der Waals surface area contributed by atoms with Gasteiger partial charge in [-0.25, -0.2) is 18.4 Å². The number of amides is 1. The molecule has 1 amide bonds. The fourth-order valence-corrected chi connectivity index (χ4v) is 6.21. The molecule has 1 N–H and O–H groups in total. The highest BCUT2D eigenvalue weighted by Crippen LogP contribution is 2.30. The molecule has 1 atom stereocenters. The Hall–Kier alpha value is -3.37. The molecule has 1 fully saturated rings. The van der Waals surface area contributed by atoms with E-state index < -0.39 is 10.0 Å². The van der Waals surface area contributed by atoms with Crippen molar-refractivity contribution in [2.75, 3.05) is 47.2 Å². The van der Waals surface area contributed by atoms with Crippen molar-refractivity contribution in [3.05, 3.63) is 71.6 Å². The lowest BCUT2D eigenvalue weighted by molar-refractivity contribution is -0.132. The fourth-order valence-electron chi connectivity index (χ4n) is 5.01. The van der Waals surface area contributed by atoms with Crippen LogP contribution in [0.3, 0.4) is 0 Å². The van der Waals surface area contributed by atoms with E-state index in [-0.39, 0.29) is 22.7 Å². The number of halogens is 1. The van der Waals surface area contributed by atoms with Gasteiger partial charge in [-0.2, -0.15) is 0 Å². The predicted molar refractivity (Wildman–Crippen MR) is 145 cm³/mol. The van der Waals surface area contributed by atoms with Gasteiger partial charge >= 0.3 is 0 Å². The molecule has 194 valence electrons. The lowest BCUT2D eigenvalue weighted by atomic mass is 10.0. The number of aryl methyl sites for hydroxylation is 1. The fraction of sp³-hybridized carbons (Fsp3) is 0.346. The predicted octanol–water partition coefficient (Wildman–Crippen LogP) is 3.42. The van der Waals surface area contributed by atoms with Crippen LogP contribution in [0.25, 0.3) is 0 Å². The SMILES string of the molecule is C[C@@H]1CN(c2ccc(S(=O)(=O)Nc3ccncn3)cc2)CCN1C(=O)CN1CCCc2cc(Cl)ccc21. The van der Waals surface area contributed by atoms with E-state index in [1.54, 1.807) is 24.3 Å². The van der Waals surface area contributed by atoms with Gasteiger partial charge in [-0.05, 0) is 73.9 Å². The number of fused-ring (bicyclic) bond motifs is 1. The van der Waals surface area contributed by atoms with Crippen LogP contribution in [0, 0.1) is 0 Å². The van der Waals surface area contributed by atoms with Gasteiger partial charge in [0.2, 0.25) is 5.91 Å². The maximum Gasteiger partial charge on any atom is 0.263 e. The van der Waals surface area contributed by atoms with Crippen molar-refractivity contribution in [2.45, 2.75) is 30.7 Å². The number of carbonyl (C=O) groups excluding carboxylic acids is 1. The quantitative estimate of drug-likeness (QED) is 0.511. The second-order valence-corrected chi connectivity index (χ2v) is 11.5. The monoisotopic (exact) mass is 540 g/mol. The molecule has 5 rings (SSSR count). The normalized spacial score (nSPS) is 17.9. The van der Waals surface area contributed by atoms with Crippen molar-refractivity contribution in [1.82, 2.24) is 14.9 Å². The molecule has 3 heterocycles. The highest BCUT2D eigenvalue weighted by molar-refractivity contribution is 7.92. The van der Waals surface area contributed by atoms with E-state index in [4.69, 9.17) is 11.6 Å². The first-order valence-electron chi connectivity index (χ1n) is 12.3. The molecule has 3 aromatic rings. The van der Waals surface area contributed by atoms with Gasteiger partial charge in [0.15, 0.2) is 0 Å². The number of piperazine rings is 1. The Morgan fingerprint density at radius 1 is 1.11 bits per heavy atom. The molecule has 1 saturated heterocycles. The average molecular weight is 541 g/mol. The van der Waals surface area contributed by atoms with Crippen LogP contribution in [0.2, 0.25) is 5.02 Å².